The van der Waals surface area contributed by atoms with E-state index in [0.717, 1.165) is 30.9 Å². The second-order valence-corrected chi connectivity index (χ2v) is 3.45. The van der Waals surface area contributed by atoms with Crippen molar-refractivity contribution < 1.29 is 4.79 Å². The minimum Gasteiger partial charge on any atom is -0.360 e. The lowest BCUT2D eigenvalue weighted by Gasteiger charge is -2.21. The van der Waals surface area contributed by atoms with E-state index in [0.29, 0.717) is 0 Å². The molecule has 0 N–H and O–H groups in total. The van der Waals surface area contributed by atoms with Gasteiger partial charge in [0.25, 0.3) is 0 Å². The quantitative estimate of drug-likeness (QED) is 0.709. The molecule has 0 amide bonds. The number of Topliss-reactive ketones (excluding diaryl/α,β-unsaturated/α-hetero) is 1. The van der Waals surface area contributed by atoms with Crippen molar-refractivity contribution in [1.82, 2.24) is 4.90 Å². The highest BCUT2D eigenvalue weighted by molar-refractivity contribution is 5.97. The fourth-order valence-electron chi connectivity index (χ4n) is 1.59. The van der Waals surface area contributed by atoms with Crippen LogP contribution in [-0.4, -0.2) is 29.6 Å². The maximum atomic E-state index is 11.2. The summed E-state index contributed by atoms with van der Waals surface area (Å²) in [5.41, 5.74) is 0.751. The molecule has 1 heterocycles. The zero-order valence-electron chi connectivity index (χ0n) is 9.66. The van der Waals surface area contributed by atoms with Crippen molar-refractivity contribution in [2.45, 2.75) is 27.2 Å². The van der Waals surface area contributed by atoms with Crippen LogP contribution in [0.15, 0.2) is 28.9 Å². The predicted molar refractivity (Wildman–Crippen MR) is 62.9 cm³/mol. The molecule has 0 aromatic carbocycles. The fourth-order valence-corrected chi connectivity index (χ4v) is 1.59. The Morgan fingerprint density at radius 1 is 1.47 bits per heavy atom. The summed E-state index contributed by atoms with van der Waals surface area (Å²) in [5.74, 6) is 1.13. The molecule has 0 aromatic heterocycles. The molecule has 1 aliphatic heterocycles. The van der Waals surface area contributed by atoms with Crippen LogP contribution in [0, 0.1) is 0 Å². The Balaban J connectivity index is 2.78. The largest absolute Gasteiger partial charge is 0.360 e. The number of hydrogen-bond donors (Lipinski definition) is 0. The molecule has 0 atom stereocenters. The highest BCUT2D eigenvalue weighted by atomic mass is 16.1. The summed E-state index contributed by atoms with van der Waals surface area (Å²) in [6.07, 6.45) is 6.18. The number of hydrogen-bond acceptors (Lipinski definition) is 3. The second kappa shape index (κ2) is 5.49. The number of ketones is 1. The van der Waals surface area contributed by atoms with Crippen molar-refractivity contribution >= 4 is 11.6 Å². The van der Waals surface area contributed by atoms with E-state index in [1.807, 2.05) is 6.08 Å². The number of allylic oxidation sites excluding steroid dienone is 2. The summed E-state index contributed by atoms with van der Waals surface area (Å²) in [6, 6.07) is 0. The van der Waals surface area contributed by atoms with Gasteiger partial charge in [-0.2, -0.15) is 0 Å². The van der Waals surface area contributed by atoms with Crippen molar-refractivity contribution in [3.63, 3.8) is 0 Å². The molecule has 0 aromatic rings. The number of nitrogens with zero attached hydrogens (tertiary/aromatic N) is 2. The Bertz CT molecular complexity index is 323. The van der Waals surface area contributed by atoms with Crippen molar-refractivity contribution in [1.29, 1.82) is 0 Å². The summed E-state index contributed by atoms with van der Waals surface area (Å²) < 4.78 is 0. The predicted octanol–water partition coefficient (Wildman–Crippen LogP) is 2.16. The number of amidine groups is 1. The van der Waals surface area contributed by atoms with Crippen molar-refractivity contribution in [2.75, 3.05) is 13.1 Å². The Morgan fingerprint density at radius 2 is 2.13 bits per heavy atom. The molecule has 15 heavy (non-hydrogen) atoms. The van der Waals surface area contributed by atoms with Gasteiger partial charge in [-0.1, -0.05) is 6.08 Å². The molecular weight excluding hydrogens is 188 g/mol. The fraction of sp³-hybridized carbons (Fsp3) is 0.500. The molecule has 3 heteroatoms. The van der Waals surface area contributed by atoms with E-state index >= 15 is 0 Å². The van der Waals surface area contributed by atoms with Gasteiger partial charge in [0, 0.05) is 31.3 Å². The van der Waals surface area contributed by atoms with Gasteiger partial charge >= 0.3 is 0 Å². The van der Waals surface area contributed by atoms with Crippen LogP contribution in [0.3, 0.4) is 0 Å². The van der Waals surface area contributed by atoms with Crippen LogP contribution < -0.4 is 0 Å². The molecule has 0 fully saturated rings. The summed E-state index contributed by atoms with van der Waals surface area (Å²) in [5, 5.41) is 0. The van der Waals surface area contributed by atoms with E-state index in [2.05, 4.69) is 23.7 Å². The van der Waals surface area contributed by atoms with Crippen LogP contribution >= 0.6 is 0 Å². The van der Waals surface area contributed by atoms with Gasteiger partial charge in [-0.05, 0) is 26.8 Å². The molecule has 1 rings (SSSR count). The molecule has 1 aliphatic rings. The van der Waals surface area contributed by atoms with E-state index < -0.39 is 0 Å². The second-order valence-electron chi connectivity index (χ2n) is 3.45. The molecule has 0 unspecified atom stereocenters. The van der Waals surface area contributed by atoms with Crippen LogP contribution in [0.25, 0.3) is 0 Å². The lowest BCUT2D eigenvalue weighted by Crippen LogP contribution is -2.29. The monoisotopic (exact) mass is 206 g/mol. The summed E-state index contributed by atoms with van der Waals surface area (Å²) in [4.78, 5) is 17.7. The van der Waals surface area contributed by atoms with E-state index in [4.69, 9.17) is 0 Å². The third-order valence-corrected chi connectivity index (χ3v) is 2.52. The summed E-state index contributed by atoms with van der Waals surface area (Å²) >= 11 is 0. The molecule has 0 radical (unpaired) electrons. The van der Waals surface area contributed by atoms with Crippen molar-refractivity contribution in [3.8, 4) is 0 Å². The van der Waals surface area contributed by atoms with E-state index in [-0.39, 0.29) is 5.78 Å². The lowest BCUT2D eigenvalue weighted by atomic mass is 10.1. The first-order chi connectivity index (χ1) is 7.19. The van der Waals surface area contributed by atoms with Gasteiger partial charge in [-0.3, -0.25) is 4.79 Å². The van der Waals surface area contributed by atoms with Crippen LogP contribution in [0.1, 0.15) is 27.2 Å². The van der Waals surface area contributed by atoms with Gasteiger partial charge in [0.05, 0.1) is 0 Å². The number of carbonyl (C=O) groups excluding carboxylic acids is 1. The Hall–Kier alpha value is -1.38. The minimum atomic E-state index is 0.0993. The maximum absolute atomic E-state index is 11.2. The molecule has 82 valence electrons. The molecule has 0 aliphatic carbocycles. The van der Waals surface area contributed by atoms with Gasteiger partial charge in [-0.15, -0.1) is 0 Å². The topological polar surface area (TPSA) is 32.7 Å². The summed E-state index contributed by atoms with van der Waals surface area (Å²) in [6.45, 7) is 7.70. The van der Waals surface area contributed by atoms with Gasteiger partial charge in [-0.25, -0.2) is 4.99 Å². The first-order valence-electron chi connectivity index (χ1n) is 5.38. The summed E-state index contributed by atoms with van der Waals surface area (Å²) in [7, 11) is 0. The number of aliphatic imine (C=N–C) groups is 1. The number of carbonyl (C=O) groups is 1. The average molecular weight is 206 g/mol. The Kier molecular flexibility index (Phi) is 4.28. The number of rotatable bonds is 3. The molecule has 0 saturated heterocycles. The van der Waals surface area contributed by atoms with Gasteiger partial charge in [0.2, 0.25) is 0 Å². The molecular formula is C12H18N2O. The third kappa shape index (κ3) is 3.05. The average Bonchev–Trinajstić information content (AvgIpc) is 2.45. The lowest BCUT2D eigenvalue weighted by molar-refractivity contribution is -0.113. The standard InChI is InChI=1S/C12H18N2O/c1-4-14(5-2)12-7-6-11(10(3)15)8-9-13-12/h6,8-9H,4-5,7H2,1-3H3. The van der Waals surface area contributed by atoms with Gasteiger partial charge < -0.3 is 4.90 Å². The maximum Gasteiger partial charge on any atom is 0.159 e. The van der Waals surface area contributed by atoms with Gasteiger partial charge in [0.1, 0.15) is 5.84 Å². The SMILES string of the molecule is CCN(CC)C1=NC=CC(C(C)=O)=CC1. The zero-order chi connectivity index (χ0) is 11.3. The van der Waals surface area contributed by atoms with Crippen LogP contribution in [-0.2, 0) is 4.79 Å². The highest BCUT2D eigenvalue weighted by Crippen LogP contribution is 2.09. The molecule has 0 spiro atoms. The smallest absolute Gasteiger partial charge is 0.159 e. The normalized spacial score (nSPS) is 15.4. The van der Waals surface area contributed by atoms with E-state index in [1.165, 1.54) is 0 Å². The van der Waals surface area contributed by atoms with E-state index in [9.17, 15) is 4.79 Å². The van der Waals surface area contributed by atoms with Crippen LogP contribution in [0.5, 0.6) is 0 Å². The highest BCUT2D eigenvalue weighted by Gasteiger charge is 2.09. The minimum absolute atomic E-state index is 0.0993. The Labute approximate surface area is 91.2 Å². The molecule has 0 saturated carbocycles. The molecule has 0 bridgehead atoms. The first-order valence-corrected chi connectivity index (χ1v) is 5.38. The Morgan fingerprint density at radius 3 is 2.67 bits per heavy atom. The zero-order valence-corrected chi connectivity index (χ0v) is 9.66. The third-order valence-electron chi connectivity index (χ3n) is 2.52. The van der Waals surface area contributed by atoms with Crippen LogP contribution in [0.2, 0.25) is 0 Å². The van der Waals surface area contributed by atoms with Crippen LogP contribution in [0.4, 0.5) is 0 Å². The first kappa shape index (κ1) is 11.7. The molecule has 3 nitrogen and oxygen atoms in total. The van der Waals surface area contributed by atoms with E-state index in [1.54, 1.807) is 19.2 Å². The van der Waals surface area contributed by atoms with Crippen molar-refractivity contribution in [3.05, 3.63) is 23.9 Å². The van der Waals surface area contributed by atoms with Crippen molar-refractivity contribution in [2.24, 2.45) is 4.99 Å². The van der Waals surface area contributed by atoms with Gasteiger partial charge in [0.15, 0.2) is 5.78 Å².